The number of pyridine rings is 1. The minimum Gasteiger partial charge on any atom is -0.491 e. The summed E-state index contributed by atoms with van der Waals surface area (Å²) in [4.78, 5) is 22.3. The fourth-order valence-corrected chi connectivity index (χ4v) is 2.17. The van der Waals surface area contributed by atoms with Crippen molar-refractivity contribution in [2.24, 2.45) is 0 Å². The van der Waals surface area contributed by atoms with Crippen molar-refractivity contribution >= 4 is 6.29 Å². The maximum Gasteiger partial charge on any atom is 0.250 e. The third-order valence-corrected chi connectivity index (χ3v) is 3.10. The van der Waals surface area contributed by atoms with Gasteiger partial charge in [-0.1, -0.05) is 6.07 Å². The number of hydrogen-bond acceptors (Lipinski definition) is 3. The normalized spacial score (nSPS) is 10.3. The van der Waals surface area contributed by atoms with Crippen molar-refractivity contribution in [3.05, 3.63) is 63.6 Å². The van der Waals surface area contributed by atoms with Crippen LogP contribution in [0.2, 0.25) is 0 Å². The molecular weight excluding hydrogens is 254 g/mol. The van der Waals surface area contributed by atoms with E-state index in [1.807, 2.05) is 19.9 Å². The van der Waals surface area contributed by atoms with E-state index in [2.05, 4.69) is 0 Å². The molecular formula is C16H17NO3. The highest BCUT2D eigenvalue weighted by Gasteiger charge is 2.06. The predicted octanol–water partition coefficient (Wildman–Crippen LogP) is 2.36. The largest absolute Gasteiger partial charge is 0.491 e. The number of carbonyl (C=O) groups is 1. The molecule has 0 atom stereocenters. The lowest BCUT2D eigenvalue weighted by molar-refractivity contribution is 0.112. The van der Waals surface area contributed by atoms with E-state index in [9.17, 15) is 9.59 Å². The van der Waals surface area contributed by atoms with Crippen molar-refractivity contribution in [1.82, 2.24) is 4.57 Å². The van der Waals surface area contributed by atoms with Crippen LogP contribution in [0.3, 0.4) is 0 Å². The molecule has 2 aromatic rings. The highest BCUT2D eigenvalue weighted by molar-refractivity contribution is 5.76. The number of rotatable bonds is 5. The van der Waals surface area contributed by atoms with Gasteiger partial charge in [0, 0.05) is 17.8 Å². The molecule has 0 amide bonds. The maximum atomic E-state index is 11.5. The van der Waals surface area contributed by atoms with Crippen molar-refractivity contribution in [3.8, 4) is 5.75 Å². The van der Waals surface area contributed by atoms with Gasteiger partial charge in [0.25, 0.3) is 5.56 Å². The number of aldehydes is 1. The molecule has 1 aromatic heterocycles. The van der Waals surface area contributed by atoms with E-state index in [0.29, 0.717) is 18.7 Å². The van der Waals surface area contributed by atoms with Crippen LogP contribution in [0.1, 0.15) is 21.5 Å². The minimum absolute atomic E-state index is 0.0409. The molecule has 104 valence electrons. The summed E-state index contributed by atoms with van der Waals surface area (Å²) >= 11 is 0. The van der Waals surface area contributed by atoms with Crippen LogP contribution in [-0.2, 0) is 6.54 Å². The second-order valence-corrected chi connectivity index (χ2v) is 4.68. The van der Waals surface area contributed by atoms with Gasteiger partial charge < -0.3 is 9.30 Å². The Kier molecular flexibility index (Phi) is 4.35. The van der Waals surface area contributed by atoms with Crippen LogP contribution in [0, 0.1) is 13.8 Å². The van der Waals surface area contributed by atoms with E-state index in [-0.39, 0.29) is 5.56 Å². The van der Waals surface area contributed by atoms with Gasteiger partial charge in [-0.15, -0.1) is 0 Å². The summed E-state index contributed by atoms with van der Waals surface area (Å²) in [6, 6.07) is 8.65. The minimum atomic E-state index is -0.0409. The molecule has 4 nitrogen and oxygen atoms in total. The highest BCUT2D eigenvalue weighted by Crippen LogP contribution is 2.24. The number of hydrogen-bond donors (Lipinski definition) is 0. The first kappa shape index (κ1) is 14.1. The molecule has 0 fully saturated rings. The van der Waals surface area contributed by atoms with Crippen LogP contribution in [-0.4, -0.2) is 17.5 Å². The molecule has 0 saturated carbocycles. The van der Waals surface area contributed by atoms with Crippen molar-refractivity contribution in [3.63, 3.8) is 0 Å². The van der Waals surface area contributed by atoms with E-state index < -0.39 is 0 Å². The second-order valence-electron chi connectivity index (χ2n) is 4.68. The monoisotopic (exact) mass is 271 g/mol. The summed E-state index contributed by atoms with van der Waals surface area (Å²) in [5, 5.41) is 0. The lowest BCUT2D eigenvalue weighted by atomic mass is 10.1. The quantitative estimate of drug-likeness (QED) is 0.784. The Morgan fingerprint density at radius 1 is 1.20 bits per heavy atom. The molecule has 2 rings (SSSR count). The van der Waals surface area contributed by atoms with Crippen LogP contribution >= 0.6 is 0 Å². The van der Waals surface area contributed by atoms with E-state index in [1.54, 1.807) is 29.0 Å². The van der Waals surface area contributed by atoms with Gasteiger partial charge in [0.1, 0.15) is 18.6 Å². The molecule has 0 aliphatic heterocycles. The lowest BCUT2D eigenvalue weighted by Gasteiger charge is -2.13. The number of nitrogens with zero attached hydrogens (tertiary/aromatic N) is 1. The van der Waals surface area contributed by atoms with Crippen LogP contribution in [0.4, 0.5) is 0 Å². The third kappa shape index (κ3) is 3.15. The van der Waals surface area contributed by atoms with Gasteiger partial charge in [0.05, 0.1) is 6.54 Å². The van der Waals surface area contributed by atoms with Crippen molar-refractivity contribution in [1.29, 1.82) is 0 Å². The fraction of sp³-hybridized carbons (Fsp3) is 0.250. The topological polar surface area (TPSA) is 48.3 Å². The Bertz CT molecular complexity index is 650. The first-order chi connectivity index (χ1) is 9.61. The van der Waals surface area contributed by atoms with Gasteiger partial charge in [-0.3, -0.25) is 9.59 Å². The molecule has 0 saturated heterocycles. The molecule has 0 radical (unpaired) electrons. The molecule has 20 heavy (non-hydrogen) atoms. The Labute approximate surface area is 117 Å². The zero-order valence-electron chi connectivity index (χ0n) is 11.6. The number of aryl methyl sites for hydroxylation is 2. The van der Waals surface area contributed by atoms with E-state index in [0.717, 1.165) is 23.2 Å². The molecule has 0 unspecified atom stereocenters. The highest BCUT2D eigenvalue weighted by atomic mass is 16.5. The lowest BCUT2D eigenvalue weighted by Crippen LogP contribution is -2.21. The van der Waals surface area contributed by atoms with Crippen molar-refractivity contribution < 1.29 is 9.53 Å². The predicted molar refractivity (Wildman–Crippen MR) is 77.5 cm³/mol. The molecule has 1 aromatic carbocycles. The average molecular weight is 271 g/mol. The molecule has 0 aliphatic rings. The van der Waals surface area contributed by atoms with Crippen LogP contribution < -0.4 is 10.3 Å². The van der Waals surface area contributed by atoms with Gasteiger partial charge >= 0.3 is 0 Å². The Hall–Kier alpha value is -2.36. The van der Waals surface area contributed by atoms with Crippen molar-refractivity contribution in [2.45, 2.75) is 20.4 Å². The fourth-order valence-electron chi connectivity index (χ4n) is 2.17. The van der Waals surface area contributed by atoms with Crippen LogP contribution in [0.5, 0.6) is 5.75 Å². The van der Waals surface area contributed by atoms with Crippen molar-refractivity contribution in [2.75, 3.05) is 6.61 Å². The van der Waals surface area contributed by atoms with E-state index in [1.165, 1.54) is 6.07 Å². The van der Waals surface area contributed by atoms with Gasteiger partial charge in [0.15, 0.2) is 0 Å². The molecule has 0 bridgehead atoms. The summed E-state index contributed by atoms with van der Waals surface area (Å²) < 4.78 is 7.35. The molecule has 0 spiro atoms. The summed E-state index contributed by atoms with van der Waals surface area (Å²) in [6.45, 7) is 4.72. The first-order valence-electron chi connectivity index (χ1n) is 6.46. The number of aromatic nitrogens is 1. The second kappa shape index (κ2) is 6.19. The van der Waals surface area contributed by atoms with Crippen LogP contribution in [0.15, 0.2) is 41.3 Å². The standard InChI is InChI=1S/C16H17NO3/c1-12-9-14(11-18)10-13(2)16(12)20-8-7-17-6-4-3-5-15(17)19/h3-6,9-11H,7-8H2,1-2H3. The van der Waals surface area contributed by atoms with E-state index >= 15 is 0 Å². The smallest absolute Gasteiger partial charge is 0.250 e. The summed E-state index contributed by atoms with van der Waals surface area (Å²) in [7, 11) is 0. The summed E-state index contributed by atoms with van der Waals surface area (Å²) in [5.41, 5.74) is 2.45. The molecule has 0 N–H and O–H groups in total. The summed E-state index contributed by atoms with van der Waals surface area (Å²) in [6.07, 6.45) is 2.56. The van der Waals surface area contributed by atoms with Gasteiger partial charge in [-0.2, -0.15) is 0 Å². The SMILES string of the molecule is Cc1cc(C=O)cc(C)c1OCCn1ccccc1=O. The van der Waals surface area contributed by atoms with Gasteiger partial charge in [-0.05, 0) is 43.2 Å². The van der Waals surface area contributed by atoms with Gasteiger partial charge in [0.2, 0.25) is 0 Å². The van der Waals surface area contributed by atoms with Gasteiger partial charge in [-0.25, -0.2) is 0 Å². The number of benzene rings is 1. The summed E-state index contributed by atoms with van der Waals surface area (Å²) in [5.74, 6) is 0.777. The average Bonchev–Trinajstić information content (AvgIpc) is 2.43. The molecule has 0 aliphatic carbocycles. The zero-order valence-corrected chi connectivity index (χ0v) is 11.6. The van der Waals surface area contributed by atoms with Crippen LogP contribution in [0.25, 0.3) is 0 Å². The molecule has 1 heterocycles. The number of ether oxygens (including phenoxy) is 1. The molecule has 4 heteroatoms. The number of carbonyl (C=O) groups excluding carboxylic acids is 1. The Morgan fingerprint density at radius 2 is 1.90 bits per heavy atom. The van der Waals surface area contributed by atoms with E-state index in [4.69, 9.17) is 4.74 Å². The Balaban J connectivity index is 2.07. The third-order valence-electron chi connectivity index (χ3n) is 3.10. The Morgan fingerprint density at radius 3 is 2.50 bits per heavy atom. The first-order valence-corrected chi connectivity index (χ1v) is 6.46. The maximum absolute atomic E-state index is 11.5. The zero-order chi connectivity index (χ0) is 14.5.